The number of halogens is 4. The molecule has 4 aromatic rings. The largest absolute Gasteiger partial charge is 0.493 e. The molecule has 0 spiro atoms. The van der Waals surface area contributed by atoms with E-state index in [1.807, 2.05) is 48.5 Å². The summed E-state index contributed by atoms with van der Waals surface area (Å²) in [6.45, 7) is 7.94. The molecule has 0 amide bonds. The van der Waals surface area contributed by atoms with Gasteiger partial charge in [-0.05, 0) is 122 Å². The van der Waals surface area contributed by atoms with Crippen LogP contribution in [0.15, 0.2) is 126 Å². The minimum atomic E-state index is -3.97. The lowest BCUT2D eigenvalue weighted by molar-refractivity contribution is -0.138. The molecule has 0 aliphatic heterocycles. The highest BCUT2D eigenvalue weighted by atomic mass is 79.9. The summed E-state index contributed by atoms with van der Waals surface area (Å²) in [5.41, 5.74) is 3.27. The van der Waals surface area contributed by atoms with E-state index < -0.39 is 21.8 Å². The van der Waals surface area contributed by atoms with Gasteiger partial charge in [0.05, 0.1) is 45.2 Å². The van der Waals surface area contributed by atoms with Crippen molar-refractivity contribution in [2.75, 3.05) is 26.4 Å². The maximum Gasteiger partial charge on any atom is 0.330 e. The molecule has 256 valence electrons. The van der Waals surface area contributed by atoms with Crippen LogP contribution in [0.3, 0.4) is 0 Å². The number of hydrogen-bond acceptors (Lipinski definition) is 8. The van der Waals surface area contributed by atoms with Crippen LogP contribution in [0, 0.1) is 0 Å². The van der Waals surface area contributed by atoms with Gasteiger partial charge >= 0.3 is 11.9 Å². The topological polar surface area (TPSA) is 105 Å². The molecule has 13 heteroatoms. The van der Waals surface area contributed by atoms with E-state index in [-0.39, 0.29) is 23.0 Å². The van der Waals surface area contributed by atoms with Crippen molar-refractivity contribution < 1.29 is 37.0 Å². The van der Waals surface area contributed by atoms with Crippen LogP contribution in [0.2, 0.25) is 0 Å². The second-order valence-electron chi connectivity index (χ2n) is 10.2. The Balaban J connectivity index is 1.46. The zero-order valence-corrected chi connectivity index (χ0v) is 33.1. The zero-order valence-electron chi connectivity index (χ0n) is 25.9. The molecule has 0 radical (unpaired) electrons. The number of carbonyl (C=O) groups excluding carboxylic acids is 2. The van der Waals surface area contributed by atoms with Crippen LogP contribution >= 0.6 is 63.7 Å². The summed E-state index contributed by atoms with van der Waals surface area (Å²) in [7, 11) is -3.97. The van der Waals surface area contributed by atoms with Gasteiger partial charge in [-0.25, -0.2) is 18.0 Å². The Kier molecular flexibility index (Phi) is 14.3. The predicted molar refractivity (Wildman–Crippen MR) is 203 cm³/mol. The summed E-state index contributed by atoms with van der Waals surface area (Å²) >= 11 is 14.2. The lowest BCUT2D eigenvalue weighted by Gasteiger charge is -2.15. The molecule has 0 bridgehead atoms. The second-order valence-corrected chi connectivity index (χ2v) is 15.2. The maximum absolute atomic E-state index is 14.0. The van der Waals surface area contributed by atoms with Crippen molar-refractivity contribution in [3.8, 4) is 33.8 Å². The van der Waals surface area contributed by atoms with E-state index in [2.05, 4.69) is 76.9 Å². The summed E-state index contributed by atoms with van der Waals surface area (Å²) < 4.78 is 51.2. The Hall–Kier alpha value is -3.23. The third kappa shape index (κ3) is 9.94. The van der Waals surface area contributed by atoms with Crippen molar-refractivity contribution in [2.45, 2.75) is 22.6 Å². The Morgan fingerprint density at radius 2 is 0.918 bits per heavy atom. The average molecular weight is 942 g/mol. The predicted octanol–water partition coefficient (Wildman–Crippen LogP) is 9.90. The standard InChI is InChI=1S/C36H30Br4O8S/c1-3-31(41)47-21-5-19-45-25-11-7-23(8-12-25)27-15-17-29(35(39)33(27)37)49(43,44)30-18-16-28(34(38)36(30)40)24-9-13-26(14-10-24)46-20-6-22-48-32(42)4-2/h3-4,7-18H,1-2,5-6,19-22H2. The number of ether oxygens (including phenoxy) is 4. The van der Waals surface area contributed by atoms with Crippen LogP contribution < -0.4 is 9.47 Å². The molecule has 0 aliphatic rings. The average Bonchev–Trinajstić information content (AvgIpc) is 3.10. The van der Waals surface area contributed by atoms with Crippen molar-refractivity contribution in [1.82, 2.24) is 0 Å². The van der Waals surface area contributed by atoms with Gasteiger partial charge in [-0.15, -0.1) is 0 Å². The summed E-state index contributed by atoms with van der Waals surface area (Å²) in [5.74, 6) is 0.362. The monoisotopic (exact) mass is 938 g/mol. The fourth-order valence-corrected chi connectivity index (χ4v) is 9.25. The normalized spacial score (nSPS) is 11.0. The first-order valence-corrected chi connectivity index (χ1v) is 19.4. The van der Waals surface area contributed by atoms with E-state index in [9.17, 15) is 18.0 Å². The molecular weight excluding hydrogens is 912 g/mol. The van der Waals surface area contributed by atoms with Crippen LogP contribution in [0.25, 0.3) is 22.3 Å². The third-order valence-electron chi connectivity index (χ3n) is 6.94. The van der Waals surface area contributed by atoms with Gasteiger partial charge in [0, 0.05) is 33.9 Å². The Bertz CT molecular complexity index is 1810. The van der Waals surface area contributed by atoms with Gasteiger partial charge in [0.25, 0.3) is 0 Å². The van der Waals surface area contributed by atoms with Crippen molar-refractivity contribution >= 4 is 85.5 Å². The van der Waals surface area contributed by atoms with Crippen molar-refractivity contribution in [3.05, 3.63) is 116 Å². The Labute approximate surface area is 318 Å². The number of rotatable bonds is 16. The number of sulfone groups is 1. The molecule has 0 aliphatic carbocycles. The van der Waals surface area contributed by atoms with Crippen LogP contribution in [0.1, 0.15) is 12.8 Å². The lowest BCUT2D eigenvalue weighted by Crippen LogP contribution is -2.06. The second kappa shape index (κ2) is 18.1. The fourth-order valence-electron chi connectivity index (χ4n) is 4.47. The van der Waals surface area contributed by atoms with Crippen LogP contribution in [0.5, 0.6) is 11.5 Å². The Morgan fingerprint density at radius 1 is 0.551 bits per heavy atom. The smallest absolute Gasteiger partial charge is 0.330 e. The maximum atomic E-state index is 14.0. The third-order valence-corrected chi connectivity index (χ3v) is 13.7. The number of benzene rings is 4. The lowest BCUT2D eigenvalue weighted by atomic mass is 10.1. The van der Waals surface area contributed by atoms with Gasteiger partial charge in [-0.2, -0.15) is 0 Å². The minimum absolute atomic E-state index is 0.0985. The summed E-state index contributed by atoms with van der Waals surface area (Å²) in [6.07, 6.45) is 3.31. The van der Waals surface area contributed by atoms with Gasteiger partial charge in [0.2, 0.25) is 9.84 Å². The molecule has 0 heterocycles. The Morgan fingerprint density at radius 3 is 1.27 bits per heavy atom. The highest BCUT2D eigenvalue weighted by Gasteiger charge is 2.27. The van der Waals surface area contributed by atoms with E-state index >= 15 is 0 Å². The van der Waals surface area contributed by atoms with Gasteiger partial charge < -0.3 is 18.9 Å². The number of carbonyl (C=O) groups is 2. The minimum Gasteiger partial charge on any atom is -0.493 e. The van der Waals surface area contributed by atoms with Crippen LogP contribution in [0.4, 0.5) is 0 Å². The van der Waals surface area contributed by atoms with Gasteiger partial charge in [0.1, 0.15) is 11.5 Å². The molecule has 0 saturated heterocycles. The molecule has 8 nitrogen and oxygen atoms in total. The quantitative estimate of drug-likeness (QED) is 0.0622. The van der Waals surface area contributed by atoms with E-state index in [1.165, 1.54) is 0 Å². The molecule has 0 saturated carbocycles. The molecule has 4 rings (SSSR count). The molecule has 49 heavy (non-hydrogen) atoms. The van der Waals surface area contributed by atoms with E-state index in [1.54, 1.807) is 24.3 Å². The molecule has 4 aromatic carbocycles. The molecular formula is C36H30Br4O8S. The SMILES string of the molecule is C=CC(=O)OCCCOc1ccc(-c2ccc(S(=O)(=O)c3ccc(-c4ccc(OCCCOC(=O)C=C)cc4)c(Br)c3Br)c(Br)c2Br)cc1. The first kappa shape index (κ1) is 38.6. The van der Waals surface area contributed by atoms with Crippen molar-refractivity contribution in [2.24, 2.45) is 0 Å². The first-order valence-electron chi connectivity index (χ1n) is 14.7. The highest BCUT2D eigenvalue weighted by molar-refractivity contribution is 9.13. The molecule has 0 atom stereocenters. The molecule has 0 unspecified atom stereocenters. The summed E-state index contributed by atoms with van der Waals surface area (Å²) in [4.78, 5) is 22.5. The van der Waals surface area contributed by atoms with Crippen molar-refractivity contribution in [3.63, 3.8) is 0 Å². The van der Waals surface area contributed by atoms with E-state index in [4.69, 9.17) is 18.9 Å². The van der Waals surface area contributed by atoms with Gasteiger partial charge in [-0.1, -0.05) is 49.6 Å². The van der Waals surface area contributed by atoms with Crippen LogP contribution in [-0.4, -0.2) is 46.8 Å². The molecule has 0 N–H and O–H groups in total. The van der Waals surface area contributed by atoms with E-state index in [0.29, 0.717) is 55.4 Å². The highest BCUT2D eigenvalue weighted by Crippen LogP contribution is 2.44. The fraction of sp³-hybridized carbons (Fsp3) is 0.167. The number of esters is 2. The summed E-state index contributed by atoms with van der Waals surface area (Å²) in [5, 5.41) is 0. The van der Waals surface area contributed by atoms with Crippen LogP contribution in [-0.2, 0) is 28.9 Å². The zero-order chi connectivity index (χ0) is 35.6. The molecule has 0 fully saturated rings. The number of hydrogen-bond donors (Lipinski definition) is 0. The van der Waals surface area contributed by atoms with Gasteiger partial charge in [-0.3, -0.25) is 0 Å². The van der Waals surface area contributed by atoms with E-state index in [0.717, 1.165) is 34.4 Å². The molecule has 0 aromatic heterocycles. The van der Waals surface area contributed by atoms with Gasteiger partial charge in [0.15, 0.2) is 0 Å². The first-order chi connectivity index (χ1) is 23.5. The van der Waals surface area contributed by atoms with Crippen molar-refractivity contribution in [1.29, 1.82) is 0 Å². The summed E-state index contributed by atoms with van der Waals surface area (Å²) in [6, 6.07) is 21.4.